The predicted octanol–water partition coefficient (Wildman–Crippen LogP) is 3.03. The Hall–Kier alpha value is -1.88. The summed E-state index contributed by atoms with van der Waals surface area (Å²) in [5.41, 5.74) is 3.53. The molecule has 0 amide bonds. The molecule has 2 aromatic rings. The van der Waals surface area contributed by atoms with Crippen molar-refractivity contribution in [1.29, 1.82) is 0 Å². The molecule has 0 unspecified atom stereocenters. The standard InChI is InChI=1S/C16H20N4S/c1-13-6-2-3-7-14(13)11-20-12-15(10-17-20)18-16(21)19-8-4-5-9-19/h2-3,6-7,10,12H,4-5,8-9,11H2,1H3,(H,18,21). The maximum atomic E-state index is 5.43. The van der Waals surface area contributed by atoms with E-state index in [2.05, 4.69) is 46.5 Å². The average molecular weight is 300 g/mol. The van der Waals surface area contributed by atoms with Crippen LogP contribution in [0.1, 0.15) is 24.0 Å². The Balaban J connectivity index is 1.63. The van der Waals surface area contributed by atoms with Gasteiger partial charge in [0.05, 0.1) is 18.4 Å². The second-order valence-electron chi connectivity index (χ2n) is 5.48. The van der Waals surface area contributed by atoms with E-state index in [9.17, 15) is 0 Å². The molecule has 110 valence electrons. The third-order valence-electron chi connectivity index (χ3n) is 3.87. The number of rotatable bonds is 3. The average Bonchev–Trinajstić information content (AvgIpc) is 3.13. The lowest BCUT2D eigenvalue weighted by Crippen LogP contribution is -2.31. The van der Waals surface area contributed by atoms with Gasteiger partial charge in [-0.05, 0) is 43.1 Å². The van der Waals surface area contributed by atoms with E-state index in [-0.39, 0.29) is 0 Å². The molecule has 1 saturated heterocycles. The van der Waals surface area contributed by atoms with Crippen molar-refractivity contribution in [3.63, 3.8) is 0 Å². The molecule has 0 radical (unpaired) electrons. The normalized spacial score (nSPS) is 14.4. The van der Waals surface area contributed by atoms with Gasteiger partial charge in [-0.15, -0.1) is 0 Å². The molecule has 1 aliphatic rings. The molecule has 1 N–H and O–H groups in total. The van der Waals surface area contributed by atoms with E-state index in [1.54, 1.807) is 0 Å². The highest BCUT2D eigenvalue weighted by molar-refractivity contribution is 7.80. The van der Waals surface area contributed by atoms with Crippen LogP contribution >= 0.6 is 12.2 Å². The minimum atomic E-state index is 0.783. The molecule has 2 heterocycles. The highest BCUT2D eigenvalue weighted by atomic mass is 32.1. The fourth-order valence-electron chi connectivity index (χ4n) is 2.60. The molecule has 3 rings (SSSR count). The molecule has 0 atom stereocenters. The smallest absolute Gasteiger partial charge is 0.173 e. The van der Waals surface area contributed by atoms with E-state index in [0.717, 1.165) is 30.4 Å². The van der Waals surface area contributed by atoms with Crippen LogP contribution in [0.5, 0.6) is 0 Å². The van der Waals surface area contributed by atoms with E-state index in [0.29, 0.717) is 0 Å². The van der Waals surface area contributed by atoms with Crippen molar-refractivity contribution < 1.29 is 0 Å². The van der Waals surface area contributed by atoms with Crippen molar-refractivity contribution in [2.24, 2.45) is 0 Å². The number of likely N-dealkylation sites (tertiary alicyclic amines) is 1. The zero-order chi connectivity index (χ0) is 14.7. The van der Waals surface area contributed by atoms with Gasteiger partial charge in [0.1, 0.15) is 0 Å². The Morgan fingerprint density at radius 1 is 1.29 bits per heavy atom. The summed E-state index contributed by atoms with van der Waals surface area (Å²) >= 11 is 5.43. The minimum Gasteiger partial charge on any atom is -0.349 e. The van der Waals surface area contributed by atoms with Crippen LogP contribution in [0.2, 0.25) is 0 Å². The van der Waals surface area contributed by atoms with E-state index >= 15 is 0 Å². The zero-order valence-electron chi connectivity index (χ0n) is 12.2. The van der Waals surface area contributed by atoms with Crippen molar-refractivity contribution in [3.05, 3.63) is 47.8 Å². The Morgan fingerprint density at radius 2 is 2.05 bits per heavy atom. The lowest BCUT2D eigenvalue weighted by molar-refractivity contribution is 0.528. The van der Waals surface area contributed by atoms with Gasteiger partial charge in [-0.3, -0.25) is 4.68 Å². The van der Waals surface area contributed by atoms with Crippen LogP contribution < -0.4 is 5.32 Å². The van der Waals surface area contributed by atoms with Gasteiger partial charge in [0, 0.05) is 19.3 Å². The molecule has 1 aliphatic heterocycles. The molecule has 1 aromatic heterocycles. The summed E-state index contributed by atoms with van der Waals surface area (Å²) in [7, 11) is 0. The first-order valence-corrected chi connectivity index (χ1v) is 7.76. The van der Waals surface area contributed by atoms with E-state index in [4.69, 9.17) is 12.2 Å². The molecule has 4 nitrogen and oxygen atoms in total. The first kappa shape index (κ1) is 14.1. The van der Waals surface area contributed by atoms with Crippen LogP contribution in [0.3, 0.4) is 0 Å². The number of nitrogens with one attached hydrogen (secondary N) is 1. The van der Waals surface area contributed by atoms with Crippen molar-refractivity contribution in [2.45, 2.75) is 26.3 Å². The number of thiocarbonyl (C=S) groups is 1. The van der Waals surface area contributed by atoms with Crippen LogP contribution in [-0.2, 0) is 6.54 Å². The Kier molecular flexibility index (Phi) is 4.20. The van der Waals surface area contributed by atoms with Gasteiger partial charge < -0.3 is 10.2 Å². The number of hydrogen-bond donors (Lipinski definition) is 1. The number of anilines is 1. The molecule has 0 saturated carbocycles. The van der Waals surface area contributed by atoms with Crippen LogP contribution in [0.25, 0.3) is 0 Å². The summed E-state index contributed by atoms with van der Waals surface area (Å²) in [6.45, 7) is 5.03. The SMILES string of the molecule is Cc1ccccc1Cn1cc(NC(=S)N2CCCC2)cn1. The van der Waals surface area contributed by atoms with Crippen LogP contribution in [0.15, 0.2) is 36.7 Å². The zero-order valence-corrected chi connectivity index (χ0v) is 13.1. The first-order chi connectivity index (χ1) is 10.2. The molecule has 5 heteroatoms. The highest BCUT2D eigenvalue weighted by Gasteiger charge is 2.15. The van der Waals surface area contributed by atoms with Gasteiger partial charge in [0.25, 0.3) is 0 Å². The van der Waals surface area contributed by atoms with Crippen LogP contribution in [-0.4, -0.2) is 32.9 Å². The van der Waals surface area contributed by atoms with Crippen molar-refractivity contribution in [3.8, 4) is 0 Å². The van der Waals surface area contributed by atoms with Gasteiger partial charge in [-0.25, -0.2) is 0 Å². The maximum absolute atomic E-state index is 5.43. The Morgan fingerprint density at radius 3 is 2.81 bits per heavy atom. The molecule has 0 bridgehead atoms. The maximum Gasteiger partial charge on any atom is 0.173 e. The number of nitrogens with zero attached hydrogens (tertiary/aromatic N) is 3. The van der Waals surface area contributed by atoms with Gasteiger partial charge in [-0.2, -0.15) is 5.10 Å². The fraction of sp³-hybridized carbons (Fsp3) is 0.375. The third-order valence-corrected chi connectivity index (χ3v) is 4.23. The topological polar surface area (TPSA) is 33.1 Å². The predicted molar refractivity (Wildman–Crippen MR) is 89.5 cm³/mol. The van der Waals surface area contributed by atoms with Crippen molar-refractivity contribution in [1.82, 2.24) is 14.7 Å². The Labute approximate surface area is 130 Å². The molecule has 1 aromatic carbocycles. The summed E-state index contributed by atoms with van der Waals surface area (Å²) in [4.78, 5) is 2.22. The van der Waals surface area contributed by atoms with E-state index in [1.165, 1.54) is 24.0 Å². The largest absolute Gasteiger partial charge is 0.349 e. The highest BCUT2D eigenvalue weighted by Crippen LogP contribution is 2.14. The lowest BCUT2D eigenvalue weighted by atomic mass is 10.1. The van der Waals surface area contributed by atoms with E-state index in [1.807, 2.05) is 17.1 Å². The number of aryl methyl sites for hydroxylation is 1. The quantitative estimate of drug-likeness (QED) is 0.883. The number of aromatic nitrogens is 2. The summed E-state index contributed by atoms with van der Waals surface area (Å²) in [6.07, 6.45) is 6.30. The summed E-state index contributed by atoms with van der Waals surface area (Å²) in [6, 6.07) is 8.39. The fourth-order valence-corrected chi connectivity index (χ4v) is 2.90. The molecule has 1 fully saturated rings. The first-order valence-electron chi connectivity index (χ1n) is 7.35. The number of hydrogen-bond acceptors (Lipinski definition) is 2. The summed E-state index contributed by atoms with van der Waals surface area (Å²) in [5.74, 6) is 0. The summed E-state index contributed by atoms with van der Waals surface area (Å²) < 4.78 is 1.94. The summed E-state index contributed by atoms with van der Waals surface area (Å²) in [5, 5.41) is 8.50. The minimum absolute atomic E-state index is 0.783. The van der Waals surface area contributed by atoms with Crippen LogP contribution in [0.4, 0.5) is 5.69 Å². The van der Waals surface area contributed by atoms with Crippen LogP contribution in [0, 0.1) is 6.92 Å². The Bertz CT molecular complexity index is 629. The van der Waals surface area contributed by atoms with Gasteiger partial charge in [0.2, 0.25) is 0 Å². The van der Waals surface area contributed by atoms with E-state index < -0.39 is 0 Å². The van der Waals surface area contributed by atoms with Gasteiger partial charge >= 0.3 is 0 Å². The van der Waals surface area contributed by atoms with Crippen molar-refractivity contribution >= 4 is 23.0 Å². The molecular formula is C16H20N4S. The molecule has 21 heavy (non-hydrogen) atoms. The second kappa shape index (κ2) is 6.26. The van der Waals surface area contributed by atoms with Crippen molar-refractivity contribution in [2.75, 3.05) is 18.4 Å². The molecule has 0 aliphatic carbocycles. The third kappa shape index (κ3) is 3.42. The monoisotopic (exact) mass is 300 g/mol. The lowest BCUT2D eigenvalue weighted by Gasteiger charge is -2.18. The second-order valence-corrected chi connectivity index (χ2v) is 5.86. The number of benzene rings is 1. The van der Waals surface area contributed by atoms with Gasteiger partial charge in [0.15, 0.2) is 5.11 Å². The molecular weight excluding hydrogens is 280 g/mol. The van der Waals surface area contributed by atoms with Gasteiger partial charge in [-0.1, -0.05) is 24.3 Å². The molecule has 0 spiro atoms.